The molecule has 2 aliphatic rings. The van der Waals surface area contributed by atoms with Crippen molar-refractivity contribution in [2.45, 2.75) is 25.7 Å². The van der Waals surface area contributed by atoms with Crippen LogP contribution < -0.4 is 0 Å². The molecule has 0 aromatic carbocycles. The smallest absolute Gasteiger partial charge is 0.331 e. The molecule has 5 heteroatoms. The van der Waals surface area contributed by atoms with Gasteiger partial charge in [-0.2, -0.15) is 0 Å². The van der Waals surface area contributed by atoms with Crippen LogP contribution in [-0.4, -0.2) is 23.0 Å². The van der Waals surface area contributed by atoms with Crippen molar-refractivity contribution in [3.8, 4) is 0 Å². The number of carbonyl (C=O) groups is 3. The molecule has 2 fully saturated rings. The van der Waals surface area contributed by atoms with Gasteiger partial charge in [0, 0.05) is 0 Å². The number of hydrogen-bond donors (Lipinski definition) is 1. The molecule has 1 heterocycles. The maximum atomic E-state index is 11.1. The van der Waals surface area contributed by atoms with Crippen molar-refractivity contribution < 1.29 is 24.2 Å². The summed E-state index contributed by atoms with van der Waals surface area (Å²) in [4.78, 5) is 32.8. The number of carboxylic acids is 1. The van der Waals surface area contributed by atoms with Crippen molar-refractivity contribution in [1.29, 1.82) is 0 Å². The topological polar surface area (TPSA) is 80.7 Å². The quantitative estimate of drug-likeness (QED) is 0.485. The largest absolute Gasteiger partial charge is 0.481 e. The van der Waals surface area contributed by atoms with Crippen molar-refractivity contribution in [3.05, 3.63) is 0 Å². The second kappa shape index (κ2) is 2.80. The molecule has 76 valence electrons. The first-order valence-electron chi connectivity index (χ1n) is 4.56. The van der Waals surface area contributed by atoms with E-state index in [2.05, 4.69) is 4.74 Å². The van der Waals surface area contributed by atoms with E-state index in [0.29, 0.717) is 25.7 Å². The number of cyclic esters (lactones) is 2. The first-order chi connectivity index (χ1) is 6.56. The molecule has 1 saturated heterocycles. The van der Waals surface area contributed by atoms with Gasteiger partial charge in [0.15, 0.2) is 5.41 Å². The zero-order valence-electron chi connectivity index (χ0n) is 7.49. The highest BCUT2D eigenvalue weighted by atomic mass is 16.6. The molecule has 1 aliphatic heterocycles. The molecular weight excluding hydrogens is 188 g/mol. The third kappa shape index (κ3) is 1.05. The fourth-order valence-corrected chi connectivity index (χ4v) is 2.08. The number of carboxylic acid groups (broad SMARTS) is 1. The molecule has 1 spiro atoms. The highest BCUT2D eigenvalue weighted by Gasteiger charge is 2.59. The summed E-state index contributed by atoms with van der Waals surface area (Å²) >= 11 is 0. The van der Waals surface area contributed by atoms with Crippen LogP contribution in [0.4, 0.5) is 0 Å². The van der Waals surface area contributed by atoms with Crippen LogP contribution in [0.2, 0.25) is 0 Å². The Bertz CT molecular complexity index is 295. The Morgan fingerprint density at radius 1 is 1.29 bits per heavy atom. The van der Waals surface area contributed by atoms with Crippen molar-refractivity contribution in [2.24, 2.45) is 11.3 Å². The summed E-state index contributed by atoms with van der Waals surface area (Å²) in [5.41, 5.74) is -0.980. The van der Waals surface area contributed by atoms with Crippen LogP contribution >= 0.6 is 0 Å². The molecule has 0 radical (unpaired) electrons. The normalized spacial score (nSPS) is 25.7. The Hall–Kier alpha value is -1.39. The third-order valence-corrected chi connectivity index (χ3v) is 3.16. The average molecular weight is 198 g/mol. The van der Waals surface area contributed by atoms with E-state index in [1.807, 2.05) is 0 Å². The Morgan fingerprint density at radius 2 is 1.79 bits per heavy atom. The van der Waals surface area contributed by atoms with E-state index in [1.165, 1.54) is 0 Å². The lowest BCUT2D eigenvalue weighted by Crippen LogP contribution is -2.55. The van der Waals surface area contributed by atoms with Crippen LogP contribution in [0.1, 0.15) is 25.7 Å². The number of carbonyl (C=O) groups excluding carboxylic acids is 2. The Balaban J connectivity index is 2.05. The van der Waals surface area contributed by atoms with Gasteiger partial charge in [0.25, 0.3) is 0 Å². The number of rotatable bonds is 1. The van der Waals surface area contributed by atoms with Gasteiger partial charge in [-0.3, -0.25) is 14.4 Å². The number of aliphatic carboxylic acids is 1. The fourth-order valence-electron chi connectivity index (χ4n) is 2.08. The second-order valence-electron chi connectivity index (χ2n) is 3.87. The SMILES string of the molecule is O=C(O)C1CCC2(CC1)C(=O)OC2=O. The van der Waals surface area contributed by atoms with Gasteiger partial charge in [-0.15, -0.1) is 0 Å². The summed E-state index contributed by atoms with van der Waals surface area (Å²) < 4.78 is 4.30. The molecule has 1 aliphatic carbocycles. The summed E-state index contributed by atoms with van der Waals surface area (Å²) in [6, 6.07) is 0. The van der Waals surface area contributed by atoms with Crippen LogP contribution in [0.15, 0.2) is 0 Å². The van der Waals surface area contributed by atoms with Gasteiger partial charge in [-0.25, -0.2) is 0 Å². The standard InChI is InChI=1S/C9H10O5/c10-6(11)5-1-3-9(4-2-5)7(12)14-8(9)13/h5H,1-4H2,(H,10,11). The predicted octanol–water partition coefficient (Wildman–Crippen LogP) is 0.331. The van der Waals surface area contributed by atoms with E-state index in [0.717, 1.165) is 0 Å². The molecule has 0 aromatic heterocycles. The van der Waals surface area contributed by atoms with Gasteiger partial charge in [0.1, 0.15) is 0 Å². The van der Waals surface area contributed by atoms with E-state index in [4.69, 9.17) is 5.11 Å². The lowest BCUT2D eigenvalue weighted by Gasteiger charge is -2.40. The number of hydrogen-bond acceptors (Lipinski definition) is 4. The highest BCUT2D eigenvalue weighted by molar-refractivity contribution is 6.14. The molecule has 0 amide bonds. The minimum absolute atomic E-state index is 0.321. The Morgan fingerprint density at radius 3 is 2.14 bits per heavy atom. The van der Waals surface area contributed by atoms with Crippen molar-refractivity contribution in [3.63, 3.8) is 0 Å². The molecule has 2 rings (SSSR count). The van der Waals surface area contributed by atoms with Crippen LogP contribution in [-0.2, 0) is 19.1 Å². The van der Waals surface area contributed by atoms with E-state index >= 15 is 0 Å². The second-order valence-corrected chi connectivity index (χ2v) is 3.87. The summed E-state index contributed by atoms with van der Waals surface area (Å²) in [6.45, 7) is 0. The van der Waals surface area contributed by atoms with Gasteiger partial charge in [0.05, 0.1) is 5.92 Å². The van der Waals surface area contributed by atoms with E-state index in [-0.39, 0.29) is 0 Å². The van der Waals surface area contributed by atoms with Gasteiger partial charge >= 0.3 is 17.9 Å². The fraction of sp³-hybridized carbons (Fsp3) is 0.667. The Kier molecular flexibility index (Phi) is 1.83. The van der Waals surface area contributed by atoms with Gasteiger partial charge < -0.3 is 9.84 Å². The van der Waals surface area contributed by atoms with E-state index in [9.17, 15) is 14.4 Å². The van der Waals surface area contributed by atoms with Crippen molar-refractivity contribution >= 4 is 17.9 Å². The maximum Gasteiger partial charge on any atom is 0.331 e. The molecule has 0 aromatic rings. The number of esters is 2. The summed E-state index contributed by atoms with van der Waals surface area (Å²) in [5, 5.41) is 8.73. The summed E-state index contributed by atoms with van der Waals surface area (Å²) in [6.07, 6.45) is 1.41. The average Bonchev–Trinajstić information content (AvgIpc) is 2.18. The van der Waals surface area contributed by atoms with E-state index in [1.54, 1.807) is 0 Å². The van der Waals surface area contributed by atoms with Crippen molar-refractivity contribution in [1.82, 2.24) is 0 Å². The van der Waals surface area contributed by atoms with Crippen LogP contribution in [0.5, 0.6) is 0 Å². The minimum atomic E-state index is -0.980. The van der Waals surface area contributed by atoms with E-state index < -0.39 is 29.2 Å². The third-order valence-electron chi connectivity index (χ3n) is 3.16. The zero-order valence-corrected chi connectivity index (χ0v) is 7.49. The van der Waals surface area contributed by atoms with Crippen LogP contribution in [0, 0.1) is 11.3 Å². The first-order valence-corrected chi connectivity index (χ1v) is 4.56. The lowest BCUT2D eigenvalue weighted by molar-refractivity contribution is -0.201. The molecule has 0 atom stereocenters. The lowest BCUT2D eigenvalue weighted by atomic mass is 9.68. The van der Waals surface area contributed by atoms with Gasteiger partial charge in [-0.1, -0.05) is 0 Å². The Labute approximate surface area is 80.0 Å². The summed E-state index contributed by atoms with van der Waals surface area (Å²) in [7, 11) is 0. The zero-order chi connectivity index (χ0) is 10.3. The molecule has 14 heavy (non-hydrogen) atoms. The molecule has 5 nitrogen and oxygen atoms in total. The van der Waals surface area contributed by atoms with Crippen LogP contribution in [0.3, 0.4) is 0 Å². The molecule has 1 saturated carbocycles. The van der Waals surface area contributed by atoms with Gasteiger partial charge in [0.2, 0.25) is 0 Å². The predicted molar refractivity (Wildman–Crippen MR) is 43.1 cm³/mol. The highest BCUT2D eigenvalue weighted by Crippen LogP contribution is 2.46. The van der Waals surface area contributed by atoms with Gasteiger partial charge in [-0.05, 0) is 25.7 Å². The molecule has 0 unspecified atom stereocenters. The molecular formula is C9H10O5. The first kappa shape index (κ1) is 9.18. The monoisotopic (exact) mass is 198 g/mol. The van der Waals surface area contributed by atoms with Crippen molar-refractivity contribution in [2.75, 3.05) is 0 Å². The summed E-state index contributed by atoms with van der Waals surface area (Å²) in [5.74, 6) is -2.22. The maximum absolute atomic E-state index is 11.1. The van der Waals surface area contributed by atoms with Crippen LogP contribution in [0.25, 0.3) is 0 Å². The molecule has 0 bridgehead atoms. The molecule has 1 N–H and O–H groups in total. The minimum Gasteiger partial charge on any atom is -0.481 e. The number of ether oxygens (including phenoxy) is 1.